The zero-order chi connectivity index (χ0) is 26.9. The number of piperidine rings is 1. The van der Waals surface area contributed by atoms with Crippen LogP contribution in [0.25, 0.3) is 10.8 Å². The third kappa shape index (κ3) is 5.33. The van der Waals surface area contributed by atoms with Gasteiger partial charge in [-0.25, -0.2) is 0 Å². The molecule has 1 aromatic heterocycles. The van der Waals surface area contributed by atoms with Gasteiger partial charge in [-0.15, -0.1) is 0 Å². The molecule has 1 saturated carbocycles. The van der Waals surface area contributed by atoms with Crippen LogP contribution in [0.2, 0.25) is 0 Å². The van der Waals surface area contributed by atoms with E-state index in [1.807, 2.05) is 39.0 Å². The molecule has 0 spiro atoms. The van der Waals surface area contributed by atoms with Crippen LogP contribution in [0.3, 0.4) is 0 Å². The molecule has 1 unspecified atom stereocenters. The van der Waals surface area contributed by atoms with Crippen LogP contribution in [0.5, 0.6) is 0 Å². The highest BCUT2D eigenvalue weighted by atomic mass is 16.4. The molecule has 1 saturated heterocycles. The maximum absolute atomic E-state index is 14.0. The Morgan fingerprint density at radius 2 is 1.86 bits per heavy atom. The molecule has 10 nitrogen and oxygen atoms in total. The highest BCUT2D eigenvalue weighted by Gasteiger charge is 2.53. The monoisotopic (exact) mass is 508 g/mol. The van der Waals surface area contributed by atoms with Gasteiger partial charge in [0.05, 0.1) is 12.5 Å². The van der Waals surface area contributed by atoms with E-state index in [2.05, 4.69) is 15.6 Å². The Bertz CT molecular complexity index is 1230. The number of carboxylic acid groups (broad SMARTS) is 1. The molecule has 3 N–H and O–H groups in total. The maximum atomic E-state index is 14.0. The summed E-state index contributed by atoms with van der Waals surface area (Å²) in [7, 11) is 0. The van der Waals surface area contributed by atoms with Gasteiger partial charge in [-0.05, 0) is 42.0 Å². The van der Waals surface area contributed by atoms with Crippen LogP contribution < -0.4 is 10.6 Å². The Morgan fingerprint density at radius 3 is 2.54 bits per heavy atom. The first-order chi connectivity index (χ1) is 17.5. The van der Waals surface area contributed by atoms with Crippen molar-refractivity contribution < 1.29 is 29.1 Å². The van der Waals surface area contributed by atoms with Gasteiger partial charge in [0, 0.05) is 17.6 Å². The highest BCUT2D eigenvalue weighted by molar-refractivity contribution is 6.06. The number of pyridine rings is 1. The lowest BCUT2D eigenvalue weighted by atomic mass is 9.84. The third-order valence-electron chi connectivity index (χ3n) is 7.27. The van der Waals surface area contributed by atoms with Gasteiger partial charge in [-0.2, -0.15) is 0 Å². The lowest BCUT2D eigenvalue weighted by Gasteiger charge is -2.40. The fourth-order valence-electron chi connectivity index (χ4n) is 5.53. The summed E-state index contributed by atoms with van der Waals surface area (Å²) >= 11 is 0. The Hall–Kier alpha value is -3.82. The number of nitrogens with zero attached hydrogens (tertiary/aromatic N) is 2. The molecule has 2 aliphatic rings. The predicted molar refractivity (Wildman–Crippen MR) is 134 cm³/mol. The number of nitrogens with one attached hydrogen (secondary N) is 2. The highest BCUT2D eigenvalue weighted by Crippen LogP contribution is 2.43. The average molecular weight is 509 g/mol. The van der Waals surface area contributed by atoms with Crippen LogP contribution >= 0.6 is 0 Å². The molecule has 3 amide bonds. The number of likely N-dealkylation sites (tertiary alicyclic amines) is 1. The van der Waals surface area contributed by atoms with Crippen molar-refractivity contribution in [3.05, 3.63) is 42.2 Å². The van der Waals surface area contributed by atoms with Crippen LogP contribution in [0.4, 0.5) is 0 Å². The molecule has 2 aromatic rings. The number of amides is 3. The number of aldehydes is 1. The van der Waals surface area contributed by atoms with E-state index in [-0.39, 0.29) is 23.6 Å². The largest absolute Gasteiger partial charge is 0.481 e. The summed E-state index contributed by atoms with van der Waals surface area (Å²) in [6, 6.07) is 6.03. The molecule has 2 heterocycles. The van der Waals surface area contributed by atoms with E-state index >= 15 is 0 Å². The van der Waals surface area contributed by atoms with Gasteiger partial charge in [-0.1, -0.05) is 45.0 Å². The van der Waals surface area contributed by atoms with Crippen LogP contribution in [-0.2, 0) is 19.2 Å². The molecule has 196 valence electrons. The lowest BCUT2D eigenvalue weighted by Crippen LogP contribution is -2.61. The fraction of sp³-hybridized carbons (Fsp3) is 0.481. The normalized spacial score (nSPS) is 22.4. The van der Waals surface area contributed by atoms with Crippen LogP contribution in [0.1, 0.15) is 56.9 Å². The Morgan fingerprint density at radius 1 is 1.14 bits per heavy atom. The van der Waals surface area contributed by atoms with Crippen molar-refractivity contribution in [3.8, 4) is 0 Å². The van der Waals surface area contributed by atoms with E-state index in [0.717, 1.165) is 18.2 Å². The molecule has 2 bridgehead atoms. The summed E-state index contributed by atoms with van der Waals surface area (Å²) in [5, 5.41) is 15.9. The van der Waals surface area contributed by atoms with E-state index in [0.29, 0.717) is 18.1 Å². The number of benzene rings is 1. The van der Waals surface area contributed by atoms with Crippen molar-refractivity contribution in [1.82, 2.24) is 20.5 Å². The minimum Gasteiger partial charge on any atom is -0.481 e. The summed E-state index contributed by atoms with van der Waals surface area (Å²) in [6.07, 6.45) is 3.53. The number of rotatable bonds is 8. The second-order valence-corrected chi connectivity index (χ2v) is 10.9. The quantitative estimate of drug-likeness (QED) is 0.462. The molecule has 1 aliphatic carbocycles. The van der Waals surface area contributed by atoms with E-state index in [1.165, 1.54) is 0 Å². The maximum Gasteiger partial charge on any atom is 0.305 e. The van der Waals surface area contributed by atoms with Crippen molar-refractivity contribution >= 4 is 40.7 Å². The average Bonchev–Trinajstić information content (AvgIpc) is 3.47. The van der Waals surface area contributed by atoms with Gasteiger partial charge in [0.25, 0.3) is 5.91 Å². The Balaban J connectivity index is 1.60. The number of carbonyl (C=O) groups is 5. The standard InChI is InChI=1S/C27H32N4O6/c1-27(2,3)23(30-24(35)21-19-7-5-4-6-15(19)10-11-28-21)26(37)31-18-9-8-16(12-18)22(31)25(36)29-17(14-32)13-20(33)34/h4-7,10-11,14,16-18,22-23H,8-9,12-13H2,1-3H3,(H,29,36)(H,30,35)(H,33,34)/t16-,17-,18?,22-,23+/m0/s1. The molecule has 10 heteroatoms. The number of hydrogen-bond acceptors (Lipinski definition) is 6. The first kappa shape index (κ1) is 26.2. The zero-order valence-electron chi connectivity index (χ0n) is 21.1. The van der Waals surface area contributed by atoms with Crippen molar-refractivity contribution in [1.29, 1.82) is 0 Å². The van der Waals surface area contributed by atoms with E-state index < -0.39 is 47.7 Å². The SMILES string of the molecule is CC(C)(C)[C@H](NC(=O)c1nccc2ccccc12)C(=O)N1C2CC[C@@H](C2)[C@H]1C(=O)N[C@H](C=O)CC(=O)O. The Kier molecular flexibility index (Phi) is 7.29. The van der Waals surface area contributed by atoms with Crippen molar-refractivity contribution in [3.63, 3.8) is 0 Å². The second kappa shape index (κ2) is 10.3. The molecule has 2 fully saturated rings. The van der Waals surface area contributed by atoms with Gasteiger partial charge in [0.2, 0.25) is 11.8 Å². The number of aliphatic carboxylic acids is 1. The van der Waals surface area contributed by atoms with Gasteiger partial charge in [0.15, 0.2) is 0 Å². The molecular weight excluding hydrogens is 476 g/mol. The van der Waals surface area contributed by atoms with E-state index in [1.54, 1.807) is 23.2 Å². The van der Waals surface area contributed by atoms with Crippen molar-refractivity contribution in [2.45, 2.75) is 70.6 Å². The van der Waals surface area contributed by atoms with Gasteiger partial charge in [-0.3, -0.25) is 24.2 Å². The van der Waals surface area contributed by atoms with Gasteiger partial charge in [0.1, 0.15) is 24.1 Å². The van der Waals surface area contributed by atoms with Gasteiger partial charge < -0.3 is 25.4 Å². The summed E-state index contributed by atoms with van der Waals surface area (Å²) in [5.74, 6) is -2.72. The number of hydrogen-bond donors (Lipinski definition) is 3. The number of carbonyl (C=O) groups excluding carboxylic acids is 4. The molecule has 4 rings (SSSR count). The van der Waals surface area contributed by atoms with Crippen LogP contribution in [-0.4, -0.2) is 69.1 Å². The molecule has 5 atom stereocenters. The summed E-state index contributed by atoms with van der Waals surface area (Å²) < 4.78 is 0. The first-order valence-corrected chi connectivity index (χ1v) is 12.5. The number of carboxylic acids is 1. The molecule has 0 radical (unpaired) electrons. The van der Waals surface area contributed by atoms with E-state index in [9.17, 15) is 24.0 Å². The molecule has 37 heavy (non-hydrogen) atoms. The third-order valence-corrected chi connectivity index (χ3v) is 7.27. The van der Waals surface area contributed by atoms with Crippen LogP contribution in [0, 0.1) is 11.3 Å². The molecule has 1 aromatic carbocycles. The minimum absolute atomic E-state index is 0.0952. The lowest BCUT2D eigenvalue weighted by molar-refractivity contribution is -0.147. The minimum atomic E-state index is -1.21. The second-order valence-electron chi connectivity index (χ2n) is 10.9. The topological polar surface area (TPSA) is 146 Å². The molecule has 1 aliphatic heterocycles. The molecular formula is C27H32N4O6. The number of fused-ring (bicyclic) bond motifs is 3. The van der Waals surface area contributed by atoms with E-state index in [4.69, 9.17) is 5.11 Å². The fourth-order valence-corrected chi connectivity index (χ4v) is 5.53. The van der Waals surface area contributed by atoms with Gasteiger partial charge >= 0.3 is 5.97 Å². The predicted octanol–water partition coefficient (Wildman–Crippen LogP) is 1.92. The summed E-state index contributed by atoms with van der Waals surface area (Å²) in [6.45, 7) is 5.52. The van der Waals surface area contributed by atoms with Crippen molar-refractivity contribution in [2.75, 3.05) is 0 Å². The van der Waals surface area contributed by atoms with Crippen LogP contribution in [0.15, 0.2) is 36.5 Å². The summed E-state index contributed by atoms with van der Waals surface area (Å²) in [4.78, 5) is 68.8. The number of aromatic nitrogens is 1. The summed E-state index contributed by atoms with van der Waals surface area (Å²) in [5.41, 5.74) is -0.477. The first-order valence-electron chi connectivity index (χ1n) is 12.5. The van der Waals surface area contributed by atoms with Crippen molar-refractivity contribution in [2.24, 2.45) is 11.3 Å². The zero-order valence-corrected chi connectivity index (χ0v) is 21.1. The smallest absolute Gasteiger partial charge is 0.305 e. The Labute approximate surface area is 214 Å².